The Morgan fingerprint density at radius 1 is 0.880 bits per heavy atom. The van der Waals surface area contributed by atoms with E-state index in [0.717, 1.165) is 16.9 Å². The van der Waals surface area contributed by atoms with Crippen molar-refractivity contribution in [2.24, 2.45) is 0 Å². The van der Waals surface area contributed by atoms with E-state index < -0.39 is 10.0 Å². The molecular formula is C19H25NO4S. The quantitative estimate of drug-likeness (QED) is 0.811. The zero-order chi connectivity index (χ0) is 18.6. The van der Waals surface area contributed by atoms with Gasteiger partial charge in [0.15, 0.2) is 0 Å². The number of hydrogen-bond acceptors (Lipinski definition) is 4. The van der Waals surface area contributed by atoms with Crippen LogP contribution in [0, 0.1) is 0 Å². The minimum Gasteiger partial charge on any atom is -0.497 e. The molecule has 2 aromatic carbocycles. The van der Waals surface area contributed by atoms with Crippen LogP contribution >= 0.6 is 0 Å². The van der Waals surface area contributed by atoms with Crippen LogP contribution in [0.3, 0.4) is 0 Å². The van der Waals surface area contributed by atoms with E-state index in [4.69, 9.17) is 9.47 Å². The second kappa shape index (κ2) is 7.89. The van der Waals surface area contributed by atoms with Crippen molar-refractivity contribution >= 4 is 10.0 Å². The van der Waals surface area contributed by atoms with Crippen LogP contribution in [0.2, 0.25) is 0 Å². The van der Waals surface area contributed by atoms with Gasteiger partial charge in [0, 0.05) is 6.04 Å². The van der Waals surface area contributed by atoms with E-state index >= 15 is 0 Å². The Morgan fingerprint density at radius 2 is 1.48 bits per heavy atom. The minimum atomic E-state index is -3.73. The van der Waals surface area contributed by atoms with Gasteiger partial charge in [-0.3, -0.25) is 0 Å². The molecule has 0 aliphatic heterocycles. The molecule has 0 spiro atoms. The molecule has 2 aromatic rings. The molecule has 0 heterocycles. The smallest absolute Gasteiger partial charge is 0.244 e. The molecule has 0 amide bonds. The molecule has 0 radical (unpaired) electrons. The summed E-state index contributed by atoms with van der Waals surface area (Å²) in [7, 11) is -0.667. The van der Waals surface area contributed by atoms with Crippen molar-refractivity contribution < 1.29 is 17.9 Å². The molecular weight excluding hydrogens is 338 g/mol. The summed E-state index contributed by atoms with van der Waals surface area (Å²) >= 11 is 0. The lowest BCUT2D eigenvalue weighted by molar-refractivity contribution is 0.401. The highest BCUT2D eigenvalue weighted by Gasteiger charge is 2.23. The molecule has 1 atom stereocenters. The first-order valence-electron chi connectivity index (χ1n) is 8.12. The molecule has 1 N–H and O–H groups in total. The molecule has 0 fully saturated rings. The normalized spacial score (nSPS) is 12.9. The largest absolute Gasteiger partial charge is 0.497 e. The van der Waals surface area contributed by atoms with Gasteiger partial charge in [0.05, 0.1) is 14.2 Å². The summed E-state index contributed by atoms with van der Waals surface area (Å²) in [5, 5.41) is 0. The Hall–Kier alpha value is -2.05. The predicted molar refractivity (Wildman–Crippen MR) is 98.8 cm³/mol. The van der Waals surface area contributed by atoms with Crippen molar-refractivity contribution in [3.63, 3.8) is 0 Å². The van der Waals surface area contributed by atoms with E-state index in [1.54, 1.807) is 38.3 Å². The van der Waals surface area contributed by atoms with Gasteiger partial charge in [-0.2, -0.15) is 0 Å². The van der Waals surface area contributed by atoms with Crippen LogP contribution in [-0.2, 0) is 10.0 Å². The maximum Gasteiger partial charge on any atom is 0.244 e. The van der Waals surface area contributed by atoms with Crippen molar-refractivity contribution in [1.82, 2.24) is 4.72 Å². The number of hydrogen-bond donors (Lipinski definition) is 1. The highest BCUT2D eigenvalue weighted by atomic mass is 32.2. The molecule has 5 nitrogen and oxygen atoms in total. The maximum absolute atomic E-state index is 12.9. The summed E-state index contributed by atoms with van der Waals surface area (Å²) in [6.45, 7) is 5.84. The second-order valence-corrected chi connectivity index (χ2v) is 7.86. The lowest BCUT2D eigenvalue weighted by atomic mass is 10.0. The Morgan fingerprint density at radius 3 is 2.00 bits per heavy atom. The molecule has 6 heteroatoms. The average Bonchev–Trinajstić information content (AvgIpc) is 2.60. The standard InChI is InChI=1S/C19H25NO4S/c1-13(2)16-8-11-18(24-5)19(12-16)25(21,22)20-14(3)15-6-9-17(23-4)10-7-15/h6-14,20H,1-5H3/t14-/m0/s1. The second-order valence-electron chi connectivity index (χ2n) is 6.18. The Bertz CT molecular complexity index is 814. The monoisotopic (exact) mass is 363 g/mol. The molecule has 0 aromatic heterocycles. The molecule has 0 aliphatic carbocycles. The highest BCUT2D eigenvalue weighted by molar-refractivity contribution is 7.89. The number of sulfonamides is 1. The number of ether oxygens (including phenoxy) is 2. The number of methoxy groups -OCH3 is 2. The van der Waals surface area contributed by atoms with E-state index in [-0.39, 0.29) is 16.9 Å². The Balaban J connectivity index is 2.32. The molecule has 25 heavy (non-hydrogen) atoms. The fourth-order valence-corrected chi connectivity index (χ4v) is 3.96. The predicted octanol–water partition coefficient (Wildman–Crippen LogP) is 3.87. The van der Waals surface area contributed by atoms with Crippen LogP contribution < -0.4 is 14.2 Å². The van der Waals surface area contributed by atoms with Crippen molar-refractivity contribution in [2.75, 3.05) is 14.2 Å². The fourth-order valence-electron chi connectivity index (χ4n) is 2.52. The van der Waals surface area contributed by atoms with E-state index in [9.17, 15) is 8.42 Å². The molecule has 0 aliphatic rings. The summed E-state index contributed by atoms with van der Waals surface area (Å²) in [6, 6.07) is 12.2. The van der Waals surface area contributed by atoms with Gasteiger partial charge in [0.2, 0.25) is 10.0 Å². The van der Waals surface area contributed by atoms with Gasteiger partial charge in [-0.15, -0.1) is 0 Å². The van der Waals surface area contributed by atoms with E-state index in [1.807, 2.05) is 32.0 Å². The van der Waals surface area contributed by atoms with Crippen molar-refractivity contribution in [3.05, 3.63) is 53.6 Å². The van der Waals surface area contributed by atoms with Crippen LogP contribution in [-0.4, -0.2) is 22.6 Å². The van der Waals surface area contributed by atoms with Crippen LogP contribution in [0.1, 0.15) is 43.9 Å². The topological polar surface area (TPSA) is 64.6 Å². The van der Waals surface area contributed by atoms with Gasteiger partial charge in [-0.05, 0) is 48.2 Å². The summed E-state index contributed by atoms with van der Waals surface area (Å²) in [5.41, 5.74) is 1.79. The number of benzene rings is 2. The molecule has 0 unspecified atom stereocenters. The fraction of sp³-hybridized carbons (Fsp3) is 0.368. The minimum absolute atomic E-state index is 0.154. The molecule has 2 rings (SSSR count). The highest BCUT2D eigenvalue weighted by Crippen LogP contribution is 2.29. The first-order valence-corrected chi connectivity index (χ1v) is 9.61. The van der Waals surface area contributed by atoms with Gasteiger partial charge in [-0.1, -0.05) is 32.0 Å². The van der Waals surface area contributed by atoms with Gasteiger partial charge in [0.1, 0.15) is 16.4 Å². The van der Waals surface area contributed by atoms with E-state index in [0.29, 0.717) is 5.75 Å². The first kappa shape index (κ1) is 19.3. The van der Waals surface area contributed by atoms with Crippen LogP contribution in [0.4, 0.5) is 0 Å². The lowest BCUT2D eigenvalue weighted by Crippen LogP contribution is -2.27. The first-order chi connectivity index (χ1) is 11.8. The van der Waals surface area contributed by atoms with Crippen molar-refractivity contribution in [2.45, 2.75) is 37.6 Å². The SMILES string of the molecule is COc1ccc([C@H](C)NS(=O)(=O)c2cc(C(C)C)ccc2OC)cc1. The molecule has 0 bridgehead atoms. The van der Waals surface area contributed by atoms with E-state index in [1.165, 1.54) is 7.11 Å². The van der Waals surface area contributed by atoms with Crippen LogP contribution in [0.15, 0.2) is 47.4 Å². The molecule has 0 saturated heterocycles. The zero-order valence-corrected chi connectivity index (χ0v) is 16.1. The van der Waals surface area contributed by atoms with Crippen molar-refractivity contribution in [1.29, 1.82) is 0 Å². The zero-order valence-electron chi connectivity index (χ0n) is 15.2. The third-order valence-corrected chi connectivity index (χ3v) is 5.65. The lowest BCUT2D eigenvalue weighted by Gasteiger charge is -2.18. The van der Waals surface area contributed by atoms with Gasteiger partial charge >= 0.3 is 0 Å². The van der Waals surface area contributed by atoms with Crippen LogP contribution in [0.5, 0.6) is 11.5 Å². The number of nitrogens with one attached hydrogen (secondary N) is 1. The van der Waals surface area contributed by atoms with Gasteiger partial charge in [0.25, 0.3) is 0 Å². The summed E-state index contributed by atoms with van der Waals surface area (Å²) in [6.07, 6.45) is 0. The molecule has 0 saturated carbocycles. The summed E-state index contributed by atoms with van der Waals surface area (Å²) in [4.78, 5) is 0.154. The Kier molecular flexibility index (Phi) is 6.08. The molecule has 136 valence electrons. The maximum atomic E-state index is 12.9. The third-order valence-electron chi connectivity index (χ3n) is 4.09. The van der Waals surface area contributed by atoms with Crippen LogP contribution in [0.25, 0.3) is 0 Å². The Labute approximate surface area is 150 Å². The van der Waals surface area contributed by atoms with E-state index in [2.05, 4.69) is 4.72 Å². The summed E-state index contributed by atoms with van der Waals surface area (Å²) in [5.74, 6) is 1.28. The average molecular weight is 363 g/mol. The van der Waals surface area contributed by atoms with Gasteiger partial charge < -0.3 is 9.47 Å². The third kappa shape index (κ3) is 4.52. The van der Waals surface area contributed by atoms with Gasteiger partial charge in [-0.25, -0.2) is 13.1 Å². The van der Waals surface area contributed by atoms with Crippen molar-refractivity contribution in [3.8, 4) is 11.5 Å². The number of rotatable bonds is 7. The summed E-state index contributed by atoms with van der Waals surface area (Å²) < 4.78 is 38.9.